The van der Waals surface area contributed by atoms with Crippen molar-refractivity contribution in [2.75, 3.05) is 26.2 Å². The largest absolute Gasteiger partial charge is 0.453 e. The van der Waals surface area contributed by atoms with Gasteiger partial charge in [-0.3, -0.25) is 4.90 Å². The average molecular weight is 448 g/mol. The third-order valence-corrected chi connectivity index (χ3v) is 7.84. The number of nitrogens with zero attached hydrogens (tertiary/aromatic N) is 3. The maximum atomic E-state index is 14.1. The van der Waals surface area contributed by atoms with Crippen LogP contribution in [0, 0.1) is 23.0 Å². The van der Waals surface area contributed by atoms with E-state index in [1.165, 1.54) is 35.3 Å². The highest BCUT2D eigenvalue weighted by atomic mass is 32.2. The van der Waals surface area contributed by atoms with Crippen LogP contribution in [0.3, 0.4) is 0 Å². The molecule has 1 saturated heterocycles. The van der Waals surface area contributed by atoms with E-state index < -0.39 is 27.4 Å². The standard InChI is InChI=1S/C22H23F2N3O3S/c23-17-6-7-19(24)21(14-17)30-20-8-5-16(15-25)13-22(20)31(28,29)27-11-9-26(10-12-27)18-3-1-2-4-18/h5-8,13-14,18H,1-4,9-12H2. The van der Waals surface area contributed by atoms with Gasteiger partial charge in [0, 0.05) is 38.3 Å². The lowest BCUT2D eigenvalue weighted by Crippen LogP contribution is -2.51. The summed E-state index contributed by atoms with van der Waals surface area (Å²) >= 11 is 0. The fourth-order valence-corrected chi connectivity index (χ4v) is 5.82. The van der Waals surface area contributed by atoms with Crippen molar-refractivity contribution in [1.82, 2.24) is 9.21 Å². The van der Waals surface area contributed by atoms with Gasteiger partial charge in [0.1, 0.15) is 16.5 Å². The molecule has 0 unspecified atom stereocenters. The van der Waals surface area contributed by atoms with Crippen LogP contribution < -0.4 is 4.74 Å². The summed E-state index contributed by atoms with van der Waals surface area (Å²) in [4.78, 5) is 2.11. The molecule has 0 amide bonds. The zero-order valence-electron chi connectivity index (χ0n) is 16.9. The molecule has 1 heterocycles. The molecular weight excluding hydrogens is 424 g/mol. The molecule has 9 heteroatoms. The van der Waals surface area contributed by atoms with Crippen molar-refractivity contribution in [2.24, 2.45) is 0 Å². The molecular formula is C22H23F2N3O3S. The first kappa shape index (κ1) is 21.7. The van der Waals surface area contributed by atoms with Gasteiger partial charge in [0.05, 0.1) is 11.6 Å². The fourth-order valence-electron chi connectivity index (χ4n) is 4.25. The smallest absolute Gasteiger partial charge is 0.246 e. The van der Waals surface area contributed by atoms with Gasteiger partial charge in [0.2, 0.25) is 10.0 Å². The Bertz CT molecular complexity index is 1100. The Labute approximate surface area is 180 Å². The molecule has 0 radical (unpaired) electrons. The molecule has 2 aliphatic rings. The predicted octanol–water partition coefficient (Wildman–Crippen LogP) is 3.88. The van der Waals surface area contributed by atoms with Gasteiger partial charge in [-0.1, -0.05) is 12.8 Å². The van der Waals surface area contributed by atoms with Crippen LogP contribution in [0.1, 0.15) is 31.2 Å². The monoisotopic (exact) mass is 447 g/mol. The van der Waals surface area contributed by atoms with Crippen molar-refractivity contribution in [2.45, 2.75) is 36.6 Å². The quantitative estimate of drug-likeness (QED) is 0.696. The van der Waals surface area contributed by atoms with E-state index in [2.05, 4.69) is 4.90 Å². The molecule has 164 valence electrons. The second kappa shape index (κ2) is 8.91. The van der Waals surface area contributed by atoms with E-state index in [0.29, 0.717) is 32.2 Å². The number of piperazine rings is 1. The van der Waals surface area contributed by atoms with Gasteiger partial charge >= 0.3 is 0 Å². The van der Waals surface area contributed by atoms with Gasteiger partial charge < -0.3 is 4.74 Å². The first-order valence-electron chi connectivity index (χ1n) is 10.3. The van der Waals surface area contributed by atoms with E-state index in [9.17, 15) is 22.5 Å². The molecule has 1 aliphatic carbocycles. The summed E-state index contributed by atoms with van der Waals surface area (Å²) in [6, 6.07) is 9.03. The summed E-state index contributed by atoms with van der Waals surface area (Å²) in [5, 5.41) is 9.24. The first-order valence-corrected chi connectivity index (χ1v) is 11.7. The maximum Gasteiger partial charge on any atom is 0.246 e. The van der Waals surface area contributed by atoms with Crippen LogP contribution in [0.5, 0.6) is 11.5 Å². The first-order chi connectivity index (χ1) is 14.9. The second-order valence-electron chi connectivity index (χ2n) is 7.83. The lowest BCUT2D eigenvalue weighted by Gasteiger charge is -2.37. The van der Waals surface area contributed by atoms with Crippen LogP contribution in [0.25, 0.3) is 0 Å². The molecule has 0 N–H and O–H groups in total. The molecule has 0 atom stereocenters. The second-order valence-corrected chi connectivity index (χ2v) is 9.73. The highest BCUT2D eigenvalue weighted by molar-refractivity contribution is 7.89. The lowest BCUT2D eigenvalue weighted by atomic mass is 10.2. The van der Waals surface area contributed by atoms with Crippen molar-refractivity contribution in [3.05, 3.63) is 53.6 Å². The number of sulfonamides is 1. The molecule has 2 aromatic carbocycles. The summed E-state index contributed by atoms with van der Waals surface area (Å²) in [7, 11) is -4.00. The van der Waals surface area contributed by atoms with E-state index in [-0.39, 0.29) is 16.2 Å². The highest BCUT2D eigenvalue weighted by Crippen LogP contribution is 2.34. The Kier molecular flexibility index (Phi) is 6.23. The molecule has 0 bridgehead atoms. The molecule has 31 heavy (non-hydrogen) atoms. The molecule has 0 aromatic heterocycles. The number of hydrogen-bond acceptors (Lipinski definition) is 5. The number of halogens is 2. The Hall–Kier alpha value is -2.54. The topological polar surface area (TPSA) is 73.6 Å². The van der Waals surface area contributed by atoms with Gasteiger partial charge in [-0.25, -0.2) is 17.2 Å². The zero-order chi connectivity index (χ0) is 22.0. The van der Waals surface area contributed by atoms with Gasteiger partial charge in [0.15, 0.2) is 11.6 Å². The fraction of sp³-hybridized carbons (Fsp3) is 0.409. The van der Waals surface area contributed by atoms with E-state index in [1.54, 1.807) is 0 Å². The summed E-state index contributed by atoms with van der Waals surface area (Å²) < 4.78 is 61.2. The Balaban J connectivity index is 1.61. The zero-order valence-corrected chi connectivity index (χ0v) is 17.7. The minimum Gasteiger partial charge on any atom is -0.453 e. The Morgan fingerprint density at radius 1 is 0.968 bits per heavy atom. The summed E-state index contributed by atoms with van der Waals surface area (Å²) in [5.74, 6) is -2.11. The number of hydrogen-bond donors (Lipinski definition) is 0. The number of nitriles is 1. The Morgan fingerprint density at radius 3 is 2.35 bits per heavy atom. The van der Waals surface area contributed by atoms with Gasteiger partial charge in [-0.2, -0.15) is 9.57 Å². The normalized spacial score (nSPS) is 18.7. The van der Waals surface area contributed by atoms with Crippen molar-refractivity contribution >= 4 is 10.0 Å². The summed E-state index contributed by atoms with van der Waals surface area (Å²) in [6.07, 6.45) is 4.71. The minimum absolute atomic E-state index is 0.134. The van der Waals surface area contributed by atoms with Crippen LogP contribution in [-0.2, 0) is 10.0 Å². The third kappa shape index (κ3) is 4.56. The van der Waals surface area contributed by atoms with Crippen LogP contribution in [0.4, 0.5) is 8.78 Å². The number of rotatable bonds is 5. The highest BCUT2D eigenvalue weighted by Gasteiger charge is 2.34. The van der Waals surface area contributed by atoms with Crippen molar-refractivity contribution < 1.29 is 21.9 Å². The minimum atomic E-state index is -4.00. The molecule has 4 rings (SSSR count). The number of ether oxygens (including phenoxy) is 1. The van der Waals surface area contributed by atoms with E-state index in [4.69, 9.17) is 4.74 Å². The molecule has 0 spiro atoms. The molecule has 2 aromatic rings. The molecule has 1 saturated carbocycles. The van der Waals surface area contributed by atoms with Crippen molar-refractivity contribution in [3.63, 3.8) is 0 Å². The van der Waals surface area contributed by atoms with Gasteiger partial charge in [0.25, 0.3) is 0 Å². The summed E-state index contributed by atoms with van der Waals surface area (Å²) in [5.41, 5.74) is 0.134. The maximum absolute atomic E-state index is 14.1. The van der Waals surface area contributed by atoms with Crippen LogP contribution in [0.2, 0.25) is 0 Å². The van der Waals surface area contributed by atoms with Crippen LogP contribution in [0.15, 0.2) is 41.3 Å². The lowest BCUT2D eigenvalue weighted by molar-refractivity contribution is 0.139. The van der Waals surface area contributed by atoms with E-state index in [1.807, 2.05) is 6.07 Å². The predicted molar refractivity (Wildman–Crippen MR) is 110 cm³/mol. The Morgan fingerprint density at radius 2 is 1.68 bits per heavy atom. The number of benzene rings is 2. The van der Waals surface area contributed by atoms with E-state index in [0.717, 1.165) is 31.0 Å². The van der Waals surface area contributed by atoms with Gasteiger partial charge in [-0.15, -0.1) is 0 Å². The van der Waals surface area contributed by atoms with Crippen LogP contribution in [-0.4, -0.2) is 49.8 Å². The van der Waals surface area contributed by atoms with Crippen molar-refractivity contribution in [3.8, 4) is 17.6 Å². The van der Waals surface area contributed by atoms with Gasteiger partial charge in [-0.05, 0) is 43.2 Å². The molecule has 6 nitrogen and oxygen atoms in total. The molecule has 1 aliphatic heterocycles. The van der Waals surface area contributed by atoms with Crippen molar-refractivity contribution in [1.29, 1.82) is 5.26 Å². The third-order valence-electron chi connectivity index (χ3n) is 5.92. The molecule has 2 fully saturated rings. The summed E-state index contributed by atoms with van der Waals surface area (Å²) in [6.45, 7) is 1.92. The van der Waals surface area contributed by atoms with E-state index >= 15 is 0 Å². The average Bonchev–Trinajstić information content (AvgIpc) is 3.31. The van der Waals surface area contributed by atoms with Crippen LogP contribution >= 0.6 is 0 Å². The SMILES string of the molecule is N#Cc1ccc(Oc2cc(F)ccc2F)c(S(=O)(=O)N2CCN(C3CCCC3)CC2)c1.